The van der Waals surface area contributed by atoms with Crippen LogP contribution in [0.15, 0.2) is 12.1 Å². The van der Waals surface area contributed by atoms with Crippen molar-refractivity contribution in [3.63, 3.8) is 0 Å². The molecular weight excluding hydrogens is 240 g/mol. The maximum atomic E-state index is 13.5. The summed E-state index contributed by atoms with van der Waals surface area (Å²) in [5.74, 6) is -1.76. The molecule has 1 aromatic rings. The van der Waals surface area contributed by atoms with Crippen molar-refractivity contribution in [1.29, 1.82) is 0 Å². The van der Waals surface area contributed by atoms with E-state index in [1.54, 1.807) is 20.8 Å². The molecule has 0 aromatic heterocycles. The smallest absolute Gasteiger partial charge is 0.329 e. The zero-order chi connectivity index (χ0) is 13.5. The van der Waals surface area contributed by atoms with E-state index in [1.807, 2.05) is 0 Å². The average Bonchev–Trinajstić information content (AvgIpc) is 2.58. The highest BCUT2D eigenvalue weighted by molar-refractivity contribution is 5.83. The second-order valence-corrected chi connectivity index (χ2v) is 5.35. The van der Waals surface area contributed by atoms with Gasteiger partial charge in [0.05, 0.1) is 0 Å². The van der Waals surface area contributed by atoms with Crippen LogP contribution < -0.4 is 5.32 Å². The molecule has 98 valence electrons. The molecular formula is C13H15F2NO2. The van der Waals surface area contributed by atoms with Gasteiger partial charge in [0.2, 0.25) is 0 Å². The molecule has 0 bridgehead atoms. The molecule has 2 rings (SSSR count). The summed E-state index contributed by atoms with van der Waals surface area (Å²) < 4.78 is 31.7. The molecule has 18 heavy (non-hydrogen) atoms. The molecule has 5 heteroatoms. The molecule has 0 aliphatic carbocycles. The van der Waals surface area contributed by atoms with Gasteiger partial charge in [-0.25, -0.2) is 13.6 Å². The topological polar surface area (TPSA) is 38.3 Å². The standard InChI is InChI=1S/C13H15F2NO2/c1-13(2,3)18-12(17)11-6-8-9(15)4-7(14)5-10(8)16-11/h4-5,11,16H,6H2,1-3H3. The van der Waals surface area contributed by atoms with Crippen LogP contribution in [0.4, 0.5) is 14.5 Å². The summed E-state index contributed by atoms with van der Waals surface area (Å²) in [4.78, 5) is 11.8. The lowest BCUT2D eigenvalue weighted by Crippen LogP contribution is -2.35. The van der Waals surface area contributed by atoms with E-state index in [-0.39, 0.29) is 6.42 Å². The summed E-state index contributed by atoms with van der Waals surface area (Å²) in [6, 6.07) is 1.34. The molecule has 1 atom stereocenters. The van der Waals surface area contributed by atoms with E-state index in [1.165, 1.54) is 6.07 Å². The van der Waals surface area contributed by atoms with Crippen LogP contribution in [0, 0.1) is 11.6 Å². The lowest BCUT2D eigenvalue weighted by Gasteiger charge is -2.22. The van der Waals surface area contributed by atoms with Crippen LogP contribution in [0.3, 0.4) is 0 Å². The fourth-order valence-electron chi connectivity index (χ4n) is 1.90. The largest absolute Gasteiger partial charge is 0.458 e. The van der Waals surface area contributed by atoms with Gasteiger partial charge < -0.3 is 10.1 Å². The number of carbonyl (C=O) groups is 1. The fourth-order valence-corrected chi connectivity index (χ4v) is 1.90. The van der Waals surface area contributed by atoms with Crippen molar-refractivity contribution in [1.82, 2.24) is 0 Å². The Labute approximate surface area is 104 Å². The maximum absolute atomic E-state index is 13.5. The second-order valence-electron chi connectivity index (χ2n) is 5.35. The number of carbonyl (C=O) groups excluding carboxylic acids is 1. The van der Waals surface area contributed by atoms with Gasteiger partial charge in [0.25, 0.3) is 0 Å². The number of fused-ring (bicyclic) bond motifs is 1. The number of rotatable bonds is 1. The van der Waals surface area contributed by atoms with Gasteiger partial charge in [-0.1, -0.05) is 0 Å². The monoisotopic (exact) mass is 255 g/mol. The molecule has 1 aliphatic heterocycles. The Morgan fingerprint density at radius 2 is 2.06 bits per heavy atom. The first-order valence-corrected chi connectivity index (χ1v) is 5.73. The van der Waals surface area contributed by atoms with E-state index < -0.39 is 29.2 Å². The summed E-state index contributed by atoms with van der Waals surface area (Å²) in [5.41, 5.74) is 0.0489. The Bertz CT molecular complexity index is 494. The Hall–Kier alpha value is -1.65. The van der Waals surface area contributed by atoms with Crippen LogP contribution in [0.5, 0.6) is 0 Å². The summed E-state index contributed by atoms with van der Waals surface area (Å²) in [5, 5.41) is 2.78. The second kappa shape index (κ2) is 4.23. The molecule has 1 aliphatic rings. The Kier molecular flexibility index (Phi) is 3.00. The van der Waals surface area contributed by atoms with E-state index in [0.29, 0.717) is 11.3 Å². The van der Waals surface area contributed by atoms with E-state index >= 15 is 0 Å². The van der Waals surface area contributed by atoms with E-state index in [2.05, 4.69) is 5.32 Å². The summed E-state index contributed by atoms with van der Waals surface area (Å²) in [6.45, 7) is 5.27. The van der Waals surface area contributed by atoms with Gasteiger partial charge in [0.1, 0.15) is 23.3 Å². The third-order valence-corrected chi connectivity index (χ3v) is 2.59. The van der Waals surface area contributed by atoms with E-state index in [4.69, 9.17) is 4.74 Å². The first-order chi connectivity index (χ1) is 8.26. The molecule has 0 fully saturated rings. The number of benzene rings is 1. The molecule has 0 saturated heterocycles. The van der Waals surface area contributed by atoms with E-state index in [0.717, 1.165) is 6.07 Å². The highest BCUT2D eigenvalue weighted by Crippen LogP contribution is 2.30. The number of hydrogen-bond donors (Lipinski definition) is 1. The molecule has 0 radical (unpaired) electrons. The molecule has 1 unspecified atom stereocenters. The number of hydrogen-bond acceptors (Lipinski definition) is 3. The zero-order valence-electron chi connectivity index (χ0n) is 10.5. The van der Waals surface area contributed by atoms with Gasteiger partial charge >= 0.3 is 5.97 Å². The third-order valence-electron chi connectivity index (χ3n) is 2.59. The molecule has 0 spiro atoms. The number of halogens is 2. The normalized spacial score (nSPS) is 18.2. The lowest BCUT2D eigenvalue weighted by molar-refractivity contribution is -0.155. The summed E-state index contributed by atoms with van der Waals surface area (Å²) in [7, 11) is 0. The predicted octanol–water partition coefficient (Wildman–Crippen LogP) is 2.64. The average molecular weight is 255 g/mol. The van der Waals surface area contributed by atoms with Crippen LogP contribution in [-0.4, -0.2) is 17.6 Å². The number of ether oxygens (including phenoxy) is 1. The first-order valence-electron chi connectivity index (χ1n) is 5.73. The van der Waals surface area contributed by atoms with Crippen LogP contribution in [0.2, 0.25) is 0 Å². The molecule has 1 N–H and O–H groups in total. The maximum Gasteiger partial charge on any atom is 0.329 e. The molecule has 0 amide bonds. The van der Waals surface area contributed by atoms with Crippen molar-refractivity contribution < 1.29 is 18.3 Å². The van der Waals surface area contributed by atoms with Crippen molar-refractivity contribution in [2.45, 2.75) is 38.8 Å². The van der Waals surface area contributed by atoms with Gasteiger partial charge in [-0.2, -0.15) is 0 Å². The third kappa shape index (κ3) is 2.60. The van der Waals surface area contributed by atoms with Crippen molar-refractivity contribution >= 4 is 11.7 Å². The lowest BCUT2D eigenvalue weighted by atomic mass is 10.1. The minimum atomic E-state index is -0.663. The summed E-state index contributed by atoms with van der Waals surface area (Å²) in [6.07, 6.45) is 0.177. The Morgan fingerprint density at radius 3 is 2.67 bits per heavy atom. The molecule has 1 heterocycles. The molecule has 0 saturated carbocycles. The molecule has 1 aromatic carbocycles. The van der Waals surface area contributed by atoms with Crippen molar-refractivity contribution in [3.05, 3.63) is 29.3 Å². The van der Waals surface area contributed by atoms with Crippen LogP contribution >= 0.6 is 0 Å². The first kappa shape index (κ1) is 12.8. The number of nitrogens with one attached hydrogen (secondary N) is 1. The van der Waals surface area contributed by atoms with Gasteiger partial charge in [0, 0.05) is 23.7 Å². The zero-order valence-corrected chi connectivity index (χ0v) is 10.5. The van der Waals surface area contributed by atoms with Gasteiger partial charge in [-0.05, 0) is 26.8 Å². The highest BCUT2D eigenvalue weighted by atomic mass is 19.1. The van der Waals surface area contributed by atoms with Gasteiger partial charge in [0.15, 0.2) is 0 Å². The van der Waals surface area contributed by atoms with Crippen molar-refractivity contribution in [2.24, 2.45) is 0 Å². The summed E-state index contributed by atoms with van der Waals surface area (Å²) >= 11 is 0. The minimum absolute atomic E-state index is 0.177. The van der Waals surface area contributed by atoms with Crippen LogP contribution in [0.1, 0.15) is 26.3 Å². The number of anilines is 1. The van der Waals surface area contributed by atoms with Crippen LogP contribution in [0.25, 0.3) is 0 Å². The van der Waals surface area contributed by atoms with Gasteiger partial charge in [-0.15, -0.1) is 0 Å². The Morgan fingerprint density at radius 1 is 1.39 bits per heavy atom. The Balaban J connectivity index is 2.15. The van der Waals surface area contributed by atoms with Crippen LogP contribution in [-0.2, 0) is 16.0 Å². The quantitative estimate of drug-likeness (QED) is 0.784. The SMILES string of the molecule is CC(C)(C)OC(=O)C1Cc2c(F)cc(F)cc2N1. The van der Waals surface area contributed by atoms with E-state index in [9.17, 15) is 13.6 Å². The predicted molar refractivity (Wildman–Crippen MR) is 63.3 cm³/mol. The van der Waals surface area contributed by atoms with Crippen molar-refractivity contribution in [2.75, 3.05) is 5.32 Å². The highest BCUT2D eigenvalue weighted by Gasteiger charge is 2.32. The minimum Gasteiger partial charge on any atom is -0.458 e. The van der Waals surface area contributed by atoms with Gasteiger partial charge in [-0.3, -0.25) is 0 Å². The van der Waals surface area contributed by atoms with Crippen molar-refractivity contribution in [3.8, 4) is 0 Å². The molecule has 3 nitrogen and oxygen atoms in total. The number of esters is 1. The fraction of sp³-hybridized carbons (Fsp3) is 0.462.